The smallest absolute Gasteiger partial charge is 0.327 e. The molecule has 0 saturated heterocycles. The van der Waals surface area contributed by atoms with E-state index in [1.807, 2.05) is 0 Å². The van der Waals surface area contributed by atoms with E-state index in [1.54, 1.807) is 4.57 Å². The number of carbonyl (C=O) groups excluding carboxylic acids is 1. The molecule has 0 saturated carbocycles. The van der Waals surface area contributed by atoms with Crippen molar-refractivity contribution in [1.29, 1.82) is 0 Å². The second kappa shape index (κ2) is 4.14. The van der Waals surface area contributed by atoms with Crippen molar-refractivity contribution in [2.45, 2.75) is 19.0 Å². The first-order chi connectivity index (χ1) is 7.85. The molecule has 1 aromatic heterocycles. The number of nitrogens with one attached hydrogen (secondary N) is 1. The third-order valence-corrected chi connectivity index (χ3v) is 3.46. The van der Waals surface area contributed by atoms with Gasteiger partial charge in [-0.15, -0.1) is 0 Å². The Bertz CT molecular complexity index is 494. The van der Waals surface area contributed by atoms with Crippen LogP contribution in [0.15, 0.2) is 6.20 Å². The fourth-order valence-electron chi connectivity index (χ4n) is 1.79. The number of aromatic nitrogens is 2. The first-order valence-electron chi connectivity index (χ1n) is 5.03. The van der Waals surface area contributed by atoms with Gasteiger partial charge in [0.1, 0.15) is 5.69 Å². The number of hydrogen-bond donors (Lipinski definition) is 4. The maximum Gasteiger partial charge on any atom is 0.327 e. The van der Waals surface area contributed by atoms with Gasteiger partial charge < -0.3 is 25.4 Å². The van der Waals surface area contributed by atoms with Crippen molar-refractivity contribution >= 4 is 19.5 Å². The number of nitrogens with two attached hydrogens (primary N) is 1. The molecule has 0 fully saturated rings. The highest BCUT2D eigenvalue weighted by Gasteiger charge is 2.26. The van der Waals surface area contributed by atoms with E-state index in [2.05, 4.69) is 10.3 Å². The SMILES string of the molecule is NC(=O)c1cn2c(n1)NC(CP(=O)(O)O)CC2. The van der Waals surface area contributed by atoms with Crippen LogP contribution in [0.4, 0.5) is 5.95 Å². The fraction of sp³-hybridized carbons (Fsp3) is 0.500. The predicted molar refractivity (Wildman–Crippen MR) is 59.7 cm³/mol. The van der Waals surface area contributed by atoms with E-state index in [0.29, 0.717) is 18.9 Å². The minimum absolute atomic E-state index is 0.143. The lowest BCUT2D eigenvalue weighted by Crippen LogP contribution is -2.31. The number of rotatable bonds is 3. The lowest BCUT2D eigenvalue weighted by atomic mass is 10.2. The van der Waals surface area contributed by atoms with Crippen LogP contribution in [0, 0.1) is 0 Å². The van der Waals surface area contributed by atoms with Crippen molar-refractivity contribution in [3.8, 4) is 0 Å². The number of carbonyl (C=O) groups is 1. The monoisotopic (exact) mass is 260 g/mol. The summed E-state index contributed by atoms with van der Waals surface area (Å²) in [7, 11) is -4.05. The summed E-state index contributed by atoms with van der Waals surface area (Å²) in [5.74, 6) is -0.205. The van der Waals surface area contributed by atoms with Gasteiger partial charge in [0.25, 0.3) is 5.91 Å². The van der Waals surface area contributed by atoms with Crippen molar-refractivity contribution < 1.29 is 19.1 Å². The molecule has 1 aromatic rings. The van der Waals surface area contributed by atoms with Crippen LogP contribution in [0.2, 0.25) is 0 Å². The third kappa shape index (κ3) is 2.85. The van der Waals surface area contributed by atoms with Crippen molar-refractivity contribution in [3.63, 3.8) is 0 Å². The highest BCUT2D eigenvalue weighted by Crippen LogP contribution is 2.37. The molecular weight excluding hydrogens is 247 g/mol. The first-order valence-corrected chi connectivity index (χ1v) is 6.83. The van der Waals surface area contributed by atoms with Gasteiger partial charge in [0.15, 0.2) is 0 Å². The largest absolute Gasteiger partial charge is 0.364 e. The standard InChI is InChI=1S/C8H13N4O4P/c9-7(13)6-3-12-2-1-5(4-17(14,15)16)10-8(12)11-6/h3,5H,1-2,4H2,(H2,9,13)(H,10,11)(H2,14,15,16). The van der Waals surface area contributed by atoms with Gasteiger partial charge in [-0.1, -0.05) is 0 Å². The molecule has 0 bridgehead atoms. The van der Waals surface area contributed by atoms with Gasteiger partial charge in [-0.2, -0.15) is 0 Å². The summed E-state index contributed by atoms with van der Waals surface area (Å²) in [6.45, 7) is 0.549. The lowest BCUT2D eigenvalue weighted by Gasteiger charge is -2.25. The molecule has 2 rings (SSSR count). The maximum absolute atomic E-state index is 10.9. The number of imidazole rings is 1. The number of aryl methyl sites for hydroxylation is 1. The normalized spacial score (nSPS) is 19.5. The number of amides is 1. The summed E-state index contributed by atoms with van der Waals surface area (Å²) in [5.41, 5.74) is 5.24. The Morgan fingerprint density at radius 2 is 2.41 bits per heavy atom. The Morgan fingerprint density at radius 1 is 1.71 bits per heavy atom. The Labute approximate surface area is 97.0 Å². The number of nitrogens with zero attached hydrogens (tertiary/aromatic N) is 2. The Hall–Kier alpha value is -1.37. The van der Waals surface area contributed by atoms with Gasteiger partial charge in [-0.25, -0.2) is 4.98 Å². The van der Waals surface area contributed by atoms with Crippen LogP contribution in [0.1, 0.15) is 16.9 Å². The number of anilines is 1. The molecule has 2 heterocycles. The van der Waals surface area contributed by atoms with Crippen LogP contribution < -0.4 is 11.1 Å². The molecule has 17 heavy (non-hydrogen) atoms. The summed E-state index contributed by atoms with van der Waals surface area (Å²) in [6, 6.07) is -0.341. The fourth-order valence-corrected chi connectivity index (χ4v) is 2.64. The van der Waals surface area contributed by atoms with E-state index < -0.39 is 13.5 Å². The van der Waals surface area contributed by atoms with E-state index >= 15 is 0 Å². The van der Waals surface area contributed by atoms with E-state index in [1.165, 1.54) is 6.20 Å². The molecule has 9 heteroatoms. The molecule has 0 aliphatic carbocycles. The molecule has 0 aromatic carbocycles. The van der Waals surface area contributed by atoms with E-state index in [-0.39, 0.29) is 17.9 Å². The Balaban J connectivity index is 2.13. The Morgan fingerprint density at radius 3 is 3.00 bits per heavy atom. The summed E-state index contributed by atoms with van der Waals surface area (Å²) in [6.07, 6.45) is 1.84. The molecule has 1 aliphatic heterocycles. The van der Waals surface area contributed by atoms with Crippen LogP contribution in [0.25, 0.3) is 0 Å². The summed E-state index contributed by atoms with van der Waals surface area (Å²) >= 11 is 0. The molecule has 5 N–H and O–H groups in total. The van der Waals surface area contributed by atoms with Crippen molar-refractivity contribution in [1.82, 2.24) is 9.55 Å². The quantitative estimate of drug-likeness (QED) is 0.534. The average Bonchev–Trinajstić information content (AvgIpc) is 2.57. The van der Waals surface area contributed by atoms with Crippen molar-refractivity contribution in [3.05, 3.63) is 11.9 Å². The van der Waals surface area contributed by atoms with Gasteiger partial charge in [-0.05, 0) is 6.42 Å². The summed E-state index contributed by atoms with van der Waals surface area (Å²) in [4.78, 5) is 32.6. The molecule has 1 atom stereocenters. The van der Waals surface area contributed by atoms with Crippen LogP contribution in [-0.4, -0.2) is 37.4 Å². The predicted octanol–water partition coefficient (Wildman–Crippen LogP) is -0.656. The van der Waals surface area contributed by atoms with Gasteiger partial charge in [0, 0.05) is 18.8 Å². The molecule has 8 nitrogen and oxygen atoms in total. The van der Waals surface area contributed by atoms with Crippen LogP contribution in [-0.2, 0) is 11.1 Å². The number of fused-ring (bicyclic) bond motifs is 1. The minimum Gasteiger partial charge on any atom is -0.364 e. The topological polar surface area (TPSA) is 130 Å². The minimum atomic E-state index is -4.05. The molecule has 1 amide bonds. The van der Waals surface area contributed by atoms with E-state index in [9.17, 15) is 9.36 Å². The van der Waals surface area contributed by atoms with Crippen LogP contribution in [0.5, 0.6) is 0 Å². The molecule has 94 valence electrons. The molecule has 0 radical (unpaired) electrons. The summed E-state index contributed by atoms with van der Waals surface area (Å²) < 4.78 is 12.6. The van der Waals surface area contributed by atoms with Gasteiger partial charge in [0.05, 0.1) is 6.16 Å². The van der Waals surface area contributed by atoms with Crippen molar-refractivity contribution in [2.24, 2.45) is 5.73 Å². The zero-order valence-electron chi connectivity index (χ0n) is 8.91. The molecule has 0 spiro atoms. The highest BCUT2D eigenvalue weighted by molar-refractivity contribution is 7.51. The summed E-state index contributed by atoms with van der Waals surface area (Å²) in [5, 5.41) is 2.88. The second-order valence-corrected chi connectivity index (χ2v) is 5.68. The Kier molecular flexibility index (Phi) is 2.94. The van der Waals surface area contributed by atoms with Gasteiger partial charge in [0.2, 0.25) is 5.95 Å². The zero-order valence-corrected chi connectivity index (χ0v) is 9.80. The number of primary amides is 1. The van der Waals surface area contributed by atoms with Crippen LogP contribution in [0.3, 0.4) is 0 Å². The lowest BCUT2D eigenvalue weighted by molar-refractivity contribution is 0.0996. The van der Waals surface area contributed by atoms with E-state index in [0.717, 1.165) is 0 Å². The average molecular weight is 260 g/mol. The molecule has 1 aliphatic rings. The van der Waals surface area contributed by atoms with Gasteiger partial charge >= 0.3 is 7.60 Å². The van der Waals surface area contributed by atoms with Crippen molar-refractivity contribution in [2.75, 3.05) is 11.5 Å². The molecule has 1 unspecified atom stereocenters. The molecular formula is C8H13N4O4P. The van der Waals surface area contributed by atoms with E-state index in [4.69, 9.17) is 15.5 Å². The first kappa shape index (κ1) is 12.1. The zero-order chi connectivity index (χ0) is 12.6. The second-order valence-electron chi connectivity index (χ2n) is 3.98. The number of hydrogen-bond acceptors (Lipinski definition) is 4. The van der Waals surface area contributed by atoms with Gasteiger partial charge in [-0.3, -0.25) is 9.36 Å². The highest BCUT2D eigenvalue weighted by atomic mass is 31.2. The van der Waals surface area contributed by atoms with Crippen LogP contribution >= 0.6 is 7.60 Å². The maximum atomic E-state index is 10.9. The third-order valence-electron chi connectivity index (χ3n) is 2.54.